The molecule has 3 aliphatic rings. The van der Waals surface area contributed by atoms with Crippen LogP contribution in [-0.2, 0) is 4.79 Å². The minimum atomic E-state index is 0.0379. The van der Waals surface area contributed by atoms with E-state index in [2.05, 4.69) is 19.7 Å². The van der Waals surface area contributed by atoms with Crippen LogP contribution in [0.1, 0.15) is 36.5 Å². The molecular weight excluding hydrogens is 354 g/mol. The number of carbonyl (C=O) groups excluding carboxylic acids is 2. The Balaban J connectivity index is 1.21. The van der Waals surface area contributed by atoms with Gasteiger partial charge in [0.05, 0.1) is 6.54 Å². The number of hydrogen-bond acceptors (Lipinski definition) is 6. The molecule has 0 atom stereocenters. The average Bonchev–Trinajstić information content (AvgIpc) is 2.68. The number of hydrogen-bond donors (Lipinski definition) is 0. The number of carbonyl (C=O) groups is 2. The number of aromatic nitrogens is 1. The van der Waals surface area contributed by atoms with Crippen LogP contribution >= 0.6 is 0 Å². The fourth-order valence-electron chi connectivity index (χ4n) is 4.30. The Labute approximate surface area is 167 Å². The summed E-state index contributed by atoms with van der Waals surface area (Å²) >= 11 is 0. The molecule has 2 aliphatic heterocycles. The van der Waals surface area contributed by atoms with Crippen LogP contribution in [-0.4, -0.2) is 96.3 Å². The summed E-state index contributed by atoms with van der Waals surface area (Å²) in [5.41, 5.74) is 0.644. The Bertz CT molecular complexity index is 687. The molecule has 7 nitrogen and oxygen atoms in total. The summed E-state index contributed by atoms with van der Waals surface area (Å²) in [4.78, 5) is 37.6. The maximum Gasteiger partial charge on any atom is 0.236 e. The molecule has 0 N–H and O–H groups in total. The van der Waals surface area contributed by atoms with Gasteiger partial charge >= 0.3 is 0 Å². The van der Waals surface area contributed by atoms with Crippen LogP contribution in [0.3, 0.4) is 0 Å². The van der Waals surface area contributed by atoms with Gasteiger partial charge in [-0.2, -0.15) is 0 Å². The SMILES string of the molecule is CC(=O)c1ccc(N2CCN(CC(=O)N3CCN(C4CCC4)CC3)CC2)nc1. The van der Waals surface area contributed by atoms with Gasteiger partial charge in [-0.15, -0.1) is 0 Å². The lowest BCUT2D eigenvalue weighted by Crippen LogP contribution is -2.56. The minimum absolute atomic E-state index is 0.0379. The summed E-state index contributed by atoms with van der Waals surface area (Å²) in [6, 6.07) is 4.53. The number of ketones is 1. The number of piperazine rings is 2. The van der Waals surface area contributed by atoms with E-state index >= 15 is 0 Å². The molecule has 28 heavy (non-hydrogen) atoms. The summed E-state index contributed by atoms with van der Waals surface area (Å²) < 4.78 is 0. The van der Waals surface area contributed by atoms with E-state index in [4.69, 9.17) is 0 Å². The van der Waals surface area contributed by atoms with Crippen LogP contribution in [0.4, 0.5) is 5.82 Å². The number of Topliss-reactive ketones (excluding diaryl/α,β-unsaturated/α-hetero) is 1. The number of nitrogens with zero attached hydrogens (tertiary/aromatic N) is 5. The van der Waals surface area contributed by atoms with Crippen molar-refractivity contribution in [1.29, 1.82) is 0 Å². The Morgan fingerprint density at radius 1 is 1.00 bits per heavy atom. The van der Waals surface area contributed by atoms with E-state index in [1.54, 1.807) is 13.1 Å². The van der Waals surface area contributed by atoms with Crippen LogP contribution in [0.25, 0.3) is 0 Å². The summed E-state index contributed by atoms with van der Waals surface area (Å²) in [7, 11) is 0. The van der Waals surface area contributed by atoms with Crippen LogP contribution in [0, 0.1) is 0 Å². The maximum atomic E-state index is 12.7. The largest absolute Gasteiger partial charge is 0.354 e. The van der Waals surface area contributed by atoms with E-state index in [-0.39, 0.29) is 11.7 Å². The van der Waals surface area contributed by atoms with Crippen molar-refractivity contribution in [3.63, 3.8) is 0 Å². The zero-order valence-electron chi connectivity index (χ0n) is 16.8. The molecular formula is C21H31N5O2. The first kappa shape index (κ1) is 19.3. The summed E-state index contributed by atoms with van der Waals surface area (Å²) in [6.07, 6.45) is 5.69. The van der Waals surface area contributed by atoms with Gasteiger partial charge in [0, 0.05) is 70.2 Å². The van der Waals surface area contributed by atoms with E-state index in [0.717, 1.165) is 64.2 Å². The van der Waals surface area contributed by atoms with Crippen LogP contribution in [0.15, 0.2) is 18.3 Å². The van der Waals surface area contributed by atoms with Crippen molar-refractivity contribution >= 4 is 17.5 Å². The lowest BCUT2D eigenvalue weighted by atomic mass is 9.91. The molecule has 0 radical (unpaired) electrons. The number of anilines is 1. The van der Waals surface area contributed by atoms with Gasteiger partial charge in [-0.05, 0) is 31.9 Å². The van der Waals surface area contributed by atoms with Gasteiger partial charge in [0.2, 0.25) is 5.91 Å². The molecule has 0 spiro atoms. The van der Waals surface area contributed by atoms with E-state index in [0.29, 0.717) is 12.1 Å². The molecule has 0 unspecified atom stereocenters. The van der Waals surface area contributed by atoms with Gasteiger partial charge in [-0.1, -0.05) is 6.42 Å². The normalized spacial score (nSPS) is 22.2. The summed E-state index contributed by atoms with van der Waals surface area (Å²) in [5, 5.41) is 0. The highest BCUT2D eigenvalue weighted by atomic mass is 16.2. The Morgan fingerprint density at radius 2 is 1.71 bits per heavy atom. The molecule has 7 heteroatoms. The predicted octanol–water partition coefficient (Wildman–Crippen LogP) is 1.10. The van der Waals surface area contributed by atoms with E-state index in [1.807, 2.05) is 17.0 Å². The maximum absolute atomic E-state index is 12.7. The summed E-state index contributed by atoms with van der Waals surface area (Å²) in [5.74, 6) is 1.21. The highest BCUT2D eigenvalue weighted by Crippen LogP contribution is 2.25. The third-order valence-corrected chi connectivity index (χ3v) is 6.47. The molecule has 1 aromatic heterocycles. The van der Waals surface area contributed by atoms with Crippen molar-refractivity contribution in [2.45, 2.75) is 32.2 Å². The molecule has 0 bridgehead atoms. The Kier molecular flexibility index (Phi) is 5.92. The van der Waals surface area contributed by atoms with E-state index in [1.165, 1.54) is 19.3 Å². The van der Waals surface area contributed by atoms with Gasteiger partial charge in [0.15, 0.2) is 5.78 Å². The quantitative estimate of drug-likeness (QED) is 0.708. The second kappa shape index (κ2) is 8.57. The van der Waals surface area contributed by atoms with Crippen LogP contribution < -0.4 is 4.90 Å². The van der Waals surface area contributed by atoms with Crippen molar-refractivity contribution in [3.05, 3.63) is 23.9 Å². The highest BCUT2D eigenvalue weighted by Gasteiger charge is 2.30. The molecule has 1 amide bonds. The standard InChI is InChI=1S/C21H31N5O2/c1-17(27)18-5-6-20(22-15-18)25-9-7-23(8-10-25)16-21(28)26-13-11-24(12-14-26)19-3-2-4-19/h5-6,15,19H,2-4,7-14,16H2,1H3. The average molecular weight is 386 g/mol. The number of pyridine rings is 1. The zero-order chi connectivity index (χ0) is 19.5. The van der Waals surface area contributed by atoms with Crippen molar-refractivity contribution in [1.82, 2.24) is 19.7 Å². The fourth-order valence-corrected chi connectivity index (χ4v) is 4.30. The first-order valence-corrected chi connectivity index (χ1v) is 10.6. The second-order valence-corrected chi connectivity index (χ2v) is 8.23. The summed E-state index contributed by atoms with van der Waals surface area (Å²) in [6.45, 7) is 9.34. The molecule has 1 saturated carbocycles. The second-order valence-electron chi connectivity index (χ2n) is 8.23. The van der Waals surface area contributed by atoms with Crippen LogP contribution in [0.5, 0.6) is 0 Å². The molecule has 1 aromatic rings. The van der Waals surface area contributed by atoms with Crippen molar-refractivity contribution < 1.29 is 9.59 Å². The van der Waals surface area contributed by atoms with Crippen molar-refractivity contribution in [3.8, 4) is 0 Å². The topological polar surface area (TPSA) is 60.0 Å². The number of amides is 1. The van der Waals surface area contributed by atoms with Crippen LogP contribution in [0.2, 0.25) is 0 Å². The smallest absolute Gasteiger partial charge is 0.236 e. The molecule has 4 rings (SSSR count). The van der Waals surface area contributed by atoms with Gasteiger partial charge in [-0.25, -0.2) is 4.98 Å². The molecule has 0 aromatic carbocycles. The Hall–Kier alpha value is -1.99. The molecule has 3 fully saturated rings. The van der Waals surface area contributed by atoms with E-state index < -0.39 is 0 Å². The van der Waals surface area contributed by atoms with E-state index in [9.17, 15) is 9.59 Å². The first-order chi connectivity index (χ1) is 13.6. The minimum Gasteiger partial charge on any atom is -0.354 e. The Morgan fingerprint density at radius 3 is 2.25 bits per heavy atom. The number of rotatable bonds is 5. The molecule has 1 aliphatic carbocycles. The zero-order valence-corrected chi connectivity index (χ0v) is 16.8. The fraction of sp³-hybridized carbons (Fsp3) is 0.667. The first-order valence-electron chi connectivity index (χ1n) is 10.6. The highest BCUT2D eigenvalue weighted by molar-refractivity contribution is 5.93. The third-order valence-electron chi connectivity index (χ3n) is 6.47. The predicted molar refractivity (Wildman–Crippen MR) is 109 cm³/mol. The molecule has 152 valence electrons. The van der Waals surface area contributed by atoms with Gasteiger partial charge in [0.1, 0.15) is 5.82 Å². The van der Waals surface area contributed by atoms with Gasteiger partial charge < -0.3 is 9.80 Å². The lowest BCUT2D eigenvalue weighted by Gasteiger charge is -2.43. The molecule has 3 heterocycles. The molecule has 2 saturated heterocycles. The van der Waals surface area contributed by atoms with Crippen molar-refractivity contribution in [2.75, 3.05) is 63.8 Å². The third kappa shape index (κ3) is 4.36. The van der Waals surface area contributed by atoms with Crippen molar-refractivity contribution in [2.24, 2.45) is 0 Å². The van der Waals surface area contributed by atoms with Gasteiger partial charge in [-0.3, -0.25) is 19.4 Å². The lowest BCUT2D eigenvalue weighted by molar-refractivity contribution is -0.134. The monoisotopic (exact) mass is 385 g/mol. The van der Waals surface area contributed by atoms with Gasteiger partial charge in [0.25, 0.3) is 0 Å².